The van der Waals surface area contributed by atoms with Crippen LogP contribution in [0.2, 0.25) is 5.15 Å². The molecular formula is C10H13ClN4O. The molecule has 0 spiro atoms. The summed E-state index contributed by atoms with van der Waals surface area (Å²) in [6.45, 7) is 3.01. The van der Waals surface area contributed by atoms with E-state index in [0.29, 0.717) is 24.7 Å². The van der Waals surface area contributed by atoms with Crippen molar-refractivity contribution in [3.8, 4) is 0 Å². The van der Waals surface area contributed by atoms with E-state index in [9.17, 15) is 4.79 Å². The number of carbonyl (C=O) groups is 1. The van der Waals surface area contributed by atoms with Crippen LogP contribution in [0.4, 0.5) is 0 Å². The lowest BCUT2D eigenvalue weighted by Gasteiger charge is -2.17. The smallest absolute Gasteiger partial charge is 0.221 e. The molecule has 1 N–H and O–H groups in total. The maximum Gasteiger partial charge on any atom is 0.221 e. The molecule has 16 heavy (non-hydrogen) atoms. The Labute approximate surface area is 98.8 Å². The van der Waals surface area contributed by atoms with Gasteiger partial charge in [-0.2, -0.15) is 5.10 Å². The Morgan fingerprint density at radius 1 is 1.38 bits per heavy atom. The number of carbonyl (C=O) groups excluding carboxylic acids is 1. The van der Waals surface area contributed by atoms with Gasteiger partial charge < -0.3 is 5.32 Å². The first-order valence-electron chi connectivity index (χ1n) is 5.21. The highest BCUT2D eigenvalue weighted by atomic mass is 35.5. The molecule has 2 heterocycles. The molecule has 5 nitrogen and oxygen atoms in total. The van der Waals surface area contributed by atoms with Crippen molar-refractivity contribution < 1.29 is 4.79 Å². The standard InChI is InChI=1S/C10H13ClN4O/c11-9-2-1-8(13-14-9)7-15-5-3-10(16)12-4-6-15/h1-2H,3-7H2,(H,12,16). The van der Waals surface area contributed by atoms with Gasteiger partial charge in [0.15, 0.2) is 5.15 Å². The van der Waals surface area contributed by atoms with Crippen molar-refractivity contribution in [1.29, 1.82) is 0 Å². The Bertz CT molecular complexity index is 368. The van der Waals surface area contributed by atoms with Crippen molar-refractivity contribution >= 4 is 17.5 Å². The van der Waals surface area contributed by atoms with Crippen LogP contribution in [0.3, 0.4) is 0 Å². The second-order valence-electron chi connectivity index (χ2n) is 3.72. The van der Waals surface area contributed by atoms with E-state index >= 15 is 0 Å². The zero-order valence-electron chi connectivity index (χ0n) is 8.82. The summed E-state index contributed by atoms with van der Waals surface area (Å²) in [6.07, 6.45) is 0.543. The highest BCUT2D eigenvalue weighted by Gasteiger charge is 2.13. The van der Waals surface area contributed by atoms with Gasteiger partial charge in [-0.3, -0.25) is 9.69 Å². The van der Waals surface area contributed by atoms with E-state index in [2.05, 4.69) is 20.4 Å². The maximum absolute atomic E-state index is 11.1. The first-order chi connectivity index (χ1) is 7.74. The van der Waals surface area contributed by atoms with Gasteiger partial charge in [-0.1, -0.05) is 11.6 Å². The van der Waals surface area contributed by atoms with Gasteiger partial charge in [0, 0.05) is 32.6 Å². The van der Waals surface area contributed by atoms with E-state index < -0.39 is 0 Å². The predicted molar refractivity (Wildman–Crippen MR) is 59.9 cm³/mol. The third-order valence-electron chi connectivity index (χ3n) is 2.48. The molecule has 0 aromatic carbocycles. The lowest BCUT2D eigenvalue weighted by molar-refractivity contribution is -0.120. The number of hydrogen-bond donors (Lipinski definition) is 1. The number of nitrogens with one attached hydrogen (secondary N) is 1. The minimum absolute atomic E-state index is 0.115. The van der Waals surface area contributed by atoms with Gasteiger partial charge in [0.05, 0.1) is 5.69 Å². The van der Waals surface area contributed by atoms with E-state index in [4.69, 9.17) is 11.6 Å². The monoisotopic (exact) mass is 240 g/mol. The summed E-state index contributed by atoms with van der Waals surface area (Å²) in [5, 5.41) is 11.0. The minimum atomic E-state index is 0.115. The Hall–Kier alpha value is -1.20. The van der Waals surface area contributed by atoms with Crippen LogP contribution in [-0.2, 0) is 11.3 Å². The zero-order valence-corrected chi connectivity index (χ0v) is 9.57. The molecular weight excluding hydrogens is 228 g/mol. The van der Waals surface area contributed by atoms with Crippen molar-refractivity contribution in [3.05, 3.63) is 23.0 Å². The van der Waals surface area contributed by atoms with Crippen molar-refractivity contribution in [3.63, 3.8) is 0 Å². The van der Waals surface area contributed by atoms with Crippen LogP contribution in [0.1, 0.15) is 12.1 Å². The average Bonchev–Trinajstić information content (AvgIpc) is 2.47. The molecule has 1 aromatic heterocycles. The molecule has 1 aliphatic rings. The molecule has 1 amide bonds. The minimum Gasteiger partial charge on any atom is -0.355 e. The molecule has 0 radical (unpaired) electrons. The number of rotatable bonds is 2. The van der Waals surface area contributed by atoms with Crippen LogP contribution in [-0.4, -0.2) is 40.6 Å². The molecule has 2 rings (SSSR count). The highest BCUT2D eigenvalue weighted by molar-refractivity contribution is 6.29. The third-order valence-corrected chi connectivity index (χ3v) is 2.68. The van der Waals surface area contributed by atoms with E-state index in [1.807, 2.05) is 6.07 Å². The molecule has 0 unspecified atom stereocenters. The quantitative estimate of drug-likeness (QED) is 0.816. The Balaban J connectivity index is 1.93. The van der Waals surface area contributed by atoms with Crippen LogP contribution in [0, 0.1) is 0 Å². The molecule has 1 aromatic rings. The fourth-order valence-electron chi connectivity index (χ4n) is 1.63. The summed E-state index contributed by atoms with van der Waals surface area (Å²) in [7, 11) is 0. The number of amides is 1. The van der Waals surface area contributed by atoms with Gasteiger partial charge in [0.2, 0.25) is 5.91 Å². The van der Waals surface area contributed by atoms with Crippen LogP contribution >= 0.6 is 11.6 Å². The van der Waals surface area contributed by atoms with Gasteiger partial charge in [-0.15, -0.1) is 5.10 Å². The van der Waals surface area contributed by atoms with Crippen LogP contribution in [0.25, 0.3) is 0 Å². The summed E-state index contributed by atoms with van der Waals surface area (Å²) in [5.74, 6) is 0.115. The van der Waals surface area contributed by atoms with Gasteiger partial charge in [-0.25, -0.2) is 0 Å². The van der Waals surface area contributed by atoms with Crippen LogP contribution < -0.4 is 5.32 Å². The number of hydrogen-bond acceptors (Lipinski definition) is 4. The number of nitrogens with zero attached hydrogens (tertiary/aromatic N) is 3. The van der Waals surface area contributed by atoms with Crippen molar-refractivity contribution in [2.75, 3.05) is 19.6 Å². The molecule has 0 aliphatic carbocycles. The zero-order chi connectivity index (χ0) is 11.4. The average molecular weight is 241 g/mol. The fraction of sp³-hybridized carbons (Fsp3) is 0.500. The molecule has 0 bridgehead atoms. The second kappa shape index (κ2) is 5.23. The third kappa shape index (κ3) is 3.15. The van der Waals surface area contributed by atoms with Gasteiger partial charge >= 0.3 is 0 Å². The van der Waals surface area contributed by atoms with E-state index in [1.54, 1.807) is 6.07 Å². The molecule has 0 atom stereocenters. The molecule has 1 fully saturated rings. The van der Waals surface area contributed by atoms with Crippen LogP contribution in [0.5, 0.6) is 0 Å². The molecule has 6 heteroatoms. The fourth-order valence-corrected chi connectivity index (χ4v) is 1.73. The van der Waals surface area contributed by atoms with Crippen molar-refractivity contribution in [1.82, 2.24) is 20.4 Å². The predicted octanol–water partition coefficient (Wildman–Crippen LogP) is 0.452. The summed E-state index contributed by atoms with van der Waals surface area (Å²) >= 11 is 5.66. The van der Waals surface area contributed by atoms with E-state index in [-0.39, 0.29) is 5.91 Å². The lowest BCUT2D eigenvalue weighted by Crippen LogP contribution is -2.28. The normalized spacial score (nSPS) is 17.9. The Morgan fingerprint density at radius 2 is 2.25 bits per heavy atom. The van der Waals surface area contributed by atoms with E-state index in [1.165, 1.54) is 0 Å². The van der Waals surface area contributed by atoms with Crippen molar-refractivity contribution in [2.45, 2.75) is 13.0 Å². The summed E-state index contributed by atoms with van der Waals surface area (Å²) < 4.78 is 0. The van der Waals surface area contributed by atoms with Gasteiger partial charge in [0.1, 0.15) is 0 Å². The first kappa shape index (κ1) is 11.3. The lowest BCUT2D eigenvalue weighted by atomic mass is 10.3. The maximum atomic E-state index is 11.1. The molecule has 0 saturated carbocycles. The second-order valence-corrected chi connectivity index (χ2v) is 4.11. The highest BCUT2D eigenvalue weighted by Crippen LogP contribution is 2.06. The summed E-state index contributed by atoms with van der Waals surface area (Å²) in [5.41, 5.74) is 0.874. The van der Waals surface area contributed by atoms with Crippen LogP contribution in [0.15, 0.2) is 12.1 Å². The topological polar surface area (TPSA) is 58.1 Å². The first-order valence-corrected chi connectivity index (χ1v) is 5.59. The largest absolute Gasteiger partial charge is 0.355 e. The van der Waals surface area contributed by atoms with Gasteiger partial charge in [-0.05, 0) is 12.1 Å². The summed E-state index contributed by atoms with van der Waals surface area (Å²) in [4.78, 5) is 13.3. The Morgan fingerprint density at radius 3 is 3.00 bits per heavy atom. The molecule has 86 valence electrons. The van der Waals surface area contributed by atoms with Gasteiger partial charge in [0.25, 0.3) is 0 Å². The number of halogens is 1. The Kier molecular flexibility index (Phi) is 3.69. The molecule has 1 aliphatic heterocycles. The SMILES string of the molecule is O=C1CCN(Cc2ccc(Cl)nn2)CCN1. The molecule has 1 saturated heterocycles. The van der Waals surface area contributed by atoms with Crippen molar-refractivity contribution in [2.24, 2.45) is 0 Å². The summed E-state index contributed by atoms with van der Waals surface area (Å²) in [6, 6.07) is 3.58. The van der Waals surface area contributed by atoms with E-state index in [0.717, 1.165) is 18.8 Å². The number of aromatic nitrogens is 2.